The Morgan fingerprint density at radius 2 is 1.65 bits per heavy atom. The van der Waals surface area contributed by atoms with Crippen LogP contribution in [0.2, 0.25) is 0 Å². The van der Waals surface area contributed by atoms with Crippen LogP contribution in [0.3, 0.4) is 0 Å². The maximum Gasteiger partial charge on any atom is 0.418 e. The van der Waals surface area contributed by atoms with Gasteiger partial charge in [0.2, 0.25) is 0 Å². The molecule has 0 unspecified atom stereocenters. The minimum atomic E-state index is -4.78. The number of aromatic nitrogens is 1. The second kappa shape index (κ2) is 9.07. The van der Waals surface area contributed by atoms with Gasteiger partial charge in [0, 0.05) is 24.7 Å². The molecule has 0 radical (unpaired) electrons. The van der Waals surface area contributed by atoms with Crippen LogP contribution in [0.4, 0.5) is 23.2 Å². The van der Waals surface area contributed by atoms with Crippen LogP contribution in [0.5, 0.6) is 0 Å². The zero-order valence-electron chi connectivity index (χ0n) is 16.5. The van der Waals surface area contributed by atoms with E-state index in [0.29, 0.717) is 0 Å². The maximum atomic E-state index is 13.8. The molecular formula is C23H18F4N2O2. The molecule has 0 spiro atoms. The van der Waals surface area contributed by atoms with E-state index >= 15 is 0 Å². The Hall–Kier alpha value is -3.55. The van der Waals surface area contributed by atoms with Crippen molar-refractivity contribution < 1.29 is 27.2 Å². The van der Waals surface area contributed by atoms with Crippen molar-refractivity contribution in [3.8, 4) is 0 Å². The van der Waals surface area contributed by atoms with Crippen LogP contribution < -0.4 is 5.32 Å². The number of rotatable bonds is 6. The Morgan fingerprint density at radius 3 is 2.29 bits per heavy atom. The van der Waals surface area contributed by atoms with Gasteiger partial charge in [-0.1, -0.05) is 18.2 Å². The molecule has 160 valence electrons. The van der Waals surface area contributed by atoms with E-state index in [1.807, 2.05) is 0 Å². The molecule has 1 heterocycles. The Labute approximate surface area is 175 Å². The first kappa shape index (κ1) is 22.1. The summed E-state index contributed by atoms with van der Waals surface area (Å²) in [6.07, 6.45) is -3.35. The standard InChI is InChI=1S/C23H18F4N2O2/c1-14-10-16(8-9-28-14)12-17(30)11-15-6-7-21(19(13-15)23(25,26)27)29-22(31)18-4-2-3-5-20(18)24/h2-10,13H,11-12H2,1H3,(H,29,31). The number of hydrogen-bond acceptors (Lipinski definition) is 3. The molecule has 0 aliphatic heterocycles. The number of ketones is 1. The molecule has 0 bridgehead atoms. The normalized spacial score (nSPS) is 11.3. The molecule has 0 atom stereocenters. The van der Waals surface area contributed by atoms with Gasteiger partial charge in [-0.25, -0.2) is 4.39 Å². The molecular weight excluding hydrogens is 412 g/mol. The first-order valence-corrected chi connectivity index (χ1v) is 9.32. The van der Waals surface area contributed by atoms with Crippen LogP contribution >= 0.6 is 0 Å². The van der Waals surface area contributed by atoms with E-state index in [1.165, 1.54) is 24.3 Å². The van der Waals surface area contributed by atoms with E-state index < -0.39 is 29.2 Å². The molecule has 0 aliphatic rings. The van der Waals surface area contributed by atoms with Gasteiger partial charge in [0.15, 0.2) is 0 Å². The number of amides is 1. The molecule has 0 saturated heterocycles. The lowest BCUT2D eigenvalue weighted by Gasteiger charge is -2.15. The highest BCUT2D eigenvalue weighted by atomic mass is 19.4. The van der Waals surface area contributed by atoms with Gasteiger partial charge < -0.3 is 5.32 Å². The molecule has 0 aliphatic carbocycles. The quantitative estimate of drug-likeness (QED) is 0.550. The van der Waals surface area contributed by atoms with E-state index in [1.54, 1.807) is 25.3 Å². The first-order chi connectivity index (χ1) is 14.6. The Morgan fingerprint density at radius 1 is 0.968 bits per heavy atom. The summed E-state index contributed by atoms with van der Waals surface area (Å²) in [7, 11) is 0. The predicted octanol–water partition coefficient (Wildman–Crippen LogP) is 5.15. The summed E-state index contributed by atoms with van der Waals surface area (Å²) in [5.74, 6) is -2.11. The molecule has 2 aromatic carbocycles. The molecule has 1 amide bonds. The number of aryl methyl sites for hydroxylation is 1. The van der Waals surface area contributed by atoms with Crippen LogP contribution in [-0.4, -0.2) is 16.7 Å². The average Bonchev–Trinajstić information content (AvgIpc) is 2.68. The number of carbonyl (C=O) groups is 2. The van der Waals surface area contributed by atoms with Gasteiger partial charge in [-0.3, -0.25) is 14.6 Å². The van der Waals surface area contributed by atoms with Crippen LogP contribution in [0, 0.1) is 12.7 Å². The van der Waals surface area contributed by atoms with Crippen LogP contribution in [0.25, 0.3) is 0 Å². The zero-order valence-corrected chi connectivity index (χ0v) is 16.5. The molecule has 0 fully saturated rings. The highest BCUT2D eigenvalue weighted by Crippen LogP contribution is 2.36. The summed E-state index contributed by atoms with van der Waals surface area (Å²) >= 11 is 0. The molecule has 1 N–H and O–H groups in total. The van der Waals surface area contributed by atoms with Gasteiger partial charge in [-0.2, -0.15) is 13.2 Å². The Balaban J connectivity index is 1.81. The zero-order chi connectivity index (χ0) is 22.6. The summed E-state index contributed by atoms with van der Waals surface area (Å²) in [5, 5.41) is 2.11. The third-order valence-corrected chi connectivity index (χ3v) is 4.52. The van der Waals surface area contributed by atoms with Gasteiger partial charge in [0.05, 0.1) is 16.8 Å². The van der Waals surface area contributed by atoms with E-state index in [4.69, 9.17) is 0 Å². The van der Waals surface area contributed by atoms with Crippen molar-refractivity contribution in [3.63, 3.8) is 0 Å². The number of halogens is 4. The third kappa shape index (κ3) is 5.75. The number of benzene rings is 2. The summed E-state index contributed by atoms with van der Waals surface area (Å²) in [4.78, 5) is 28.6. The number of carbonyl (C=O) groups excluding carboxylic acids is 2. The maximum absolute atomic E-state index is 13.8. The van der Waals surface area contributed by atoms with E-state index in [0.717, 1.165) is 29.5 Å². The number of Topliss-reactive ketones (excluding diaryl/α,β-unsaturated/α-hetero) is 1. The lowest BCUT2D eigenvalue weighted by molar-refractivity contribution is -0.137. The molecule has 3 rings (SSSR count). The van der Waals surface area contributed by atoms with Gasteiger partial charge in [0.1, 0.15) is 11.6 Å². The molecule has 0 saturated carbocycles. The number of hydrogen-bond donors (Lipinski definition) is 1. The predicted molar refractivity (Wildman–Crippen MR) is 107 cm³/mol. The number of nitrogens with zero attached hydrogens (tertiary/aromatic N) is 1. The van der Waals surface area contributed by atoms with Gasteiger partial charge in [0.25, 0.3) is 5.91 Å². The fourth-order valence-electron chi connectivity index (χ4n) is 3.11. The number of alkyl halides is 3. The summed E-state index contributed by atoms with van der Waals surface area (Å²) in [6, 6.07) is 11.6. The first-order valence-electron chi connectivity index (χ1n) is 9.32. The molecule has 3 aromatic rings. The van der Waals surface area contributed by atoms with Crippen molar-refractivity contribution in [2.75, 3.05) is 5.32 Å². The monoisotopic (exact) mass is 430 g/mol. The third-order valence-electron chi connectivity index (χ3n) is 4.52. The van der Waals surface area contributed by atoms with E-state index in [2.05, 4.69) is 10.3 Å². The average molecular weight is 430 g/mol. The lowest BCUT2D eigenvalue weighted by atomic mass is 10.00. The fraction of sp³-hybridized carbons (Fsp3) is 0.174. The van der Waals surface area contributed by atoms with E-state index in [-0.39, 0.29) is 29.8 Å². The van der Waals surface area contributed by atoms with Crippen molar-refractivity contribution in [1.82, 2.24) is 4.98 Å². The van der Waals surface area contributed by atoms with Crippen molar-refractivity contribution in [1.29, 1.82) is 0 Å². The van der Waals surface area contributed by atoms with E-state index in [9.17, 15) is 27.2 Å². The lowest BCUT2D eigenvalue weighted by Crippen LogP contribution is -2.18. The topological polar surface area (TPSA) is 59.1 Å². The van der Waals surface area contributed by atoms with Crippen molar-refractivity contribution in [2.45, 2.75) is 25.9 Å². The van der Waals surface area contributed by atoms with Crippen LogP contribution in [0.1, 0.15) is 32.7 Å². The van der Waals surface area contributed by atoms with Crippen LogP contribution in [-0.2, 0) is 23.8 Å². The van der Waals surface area contributed by atoms with Gasteiger partial charge in [-0.15, -0.1) is 0 Å². The van der Waals surface area contributed by atoms with Crippen molar-refractivity contribution in [3.05, 3.63) is 94.6 Å². The summed E-state index contributed by atoms with van der Waals surface area (Å²) < 4.78 is 54.5. The second-order valence-corrected chi connectivity index (χ2v) is 7.01. The second-order valence-electron chi connectivity index (χ2n) is 7.01. The molecule has 31 heavy (non-hydrogen) atoms. The largest absolute Gasteiger partial charge is 0.418 e. The van der Waals surface area contributed by atoms with Crippen molar-refractivity contribution >= 4 is 17.4 Å². The highest BCUT2D eigenvalue weighted by Gasteiger charge is 2.34. The molecule has 1 aromatic heterocycles. The van der Waals surface area contributed by atoms with Gasteiger partial charge in [-0.05, 0) is 54.4 Å². The summed E-state index contributed by atoms with van der Waals surface area (Å²) in [6.45, 7) is 1.78. The highest BCUT2D eigenvalue weighted by molar-refractivity contribution is 6.05. The Kier molecular flexibility index (Phi) is 6.48. The SMILES string of the molecule is Cc1cc(CC(=O)Cc2ccc(NC(=O)c3ccccc3F)c(C(F)(F)F)c2)ccn1. The summed E-state index contributed by atoms with van der Waals surface area (Å²) in [5.41, 5.74) is -0.375. The molecule has 8 heteroatoms. The minimum Gasteiger partial charge on any atom is -0.321 e. The smallest absolute Gasteiger partial charge is 0.321 e. The number of anilines is 1. The Bertz CT molecular complexity index is 1130. The molecule has 4 nitrogen and oxygen atoms in total. The number of nitrogens with one attached hydrogen (secondary N) is 1. The minimum absolute atomic E-state index is 0.0660. The number of pyridine rings is 1. The fourth-order valence-corrected chi connectivity index (χ4v) is 3.11. The van der Waals surface area contributed by atoms with Crippen LogP contribution in [0.15, 0.2) is 60.8 Å². The van der Waals surface area contributed by atoms with Gasteiger partial charge >= 0.3 is 6.18 Å². The van der Waals surface area contributed by atoms with Crippen molar-refractivity contribution in [2.24, 2.45) is 0 Å².